The predicted molar refractivity (Wildman–Crippen MR) is 123 cm³/mol. The molecule has 1 amide bonds. The number of pyridine rings is 2. The van der Waals surface area contributed by atoms with Crippen LogP contribution in [0.3, 0.4) is 0 Å². The third-order valence-corrected chi connectivity index (χ3v) is 7.03. The van der Waals surface area contributed by atoms with E-state index in [1.54, 1.807) is 18.3 Å². The zero-order valence-electron chi connectivity index (χ0n) is 17.2. The van der Waals surface area contributed by atoms with Crippen LogP contribution in [0.2, 0.25) is 5.02 Å². The van der Waals surface area contributed by atoms with E-state index in [9.17, 15) is 4.79 Å². The number of para-hydroxylation sites is 1. The molecule has 3 fully saturated rings. The molecule has 0 radical (unpaired) electrons. The highest BCUT2D eigenvalue weighted by molar-refractivity contribution is 6.30. The summed E-state index contributed by atoms with van der Waals surface area (Å²) in [6.07, 6.45) is 7.70. The highest BCUT2D eigenvalue weighted by Gasteiger charge is 2.43. The standard InChI is InChI=1S/C25H25ClN4O/c1-2-16-15-30-12-9-17(16)13-23(30)24(29-25(31)22-14-18(26)7-10-28-22)20-8-11-27-21-6-4-3-5-19(20)21/h2-8,10-11,14,16-17,23-24H,1,9,12-13,15H2,(H,29,31)/t16?,17?,23?,24-/m0/s1. The predicted octanol–water partition coefficient (Wildman–Crippen LogP) is 4.65. The van der Waals surface area contributed by atoms with Crippen molar-refractivity contribution in [2.24, 2.45) is 11.8 Å². The Morgan fingerprint density at radius 2 is 2.06 bits per heavy atom. The number of aromatic nitrogens is 2. The first-order valence-corrected chi connectivity index (χ1v) is 11.1. The molecular formula is C25H25ClN4O. The number of halogens is 1. The molecule has 6 rings (SSSR count). The molecule has 1 N–H and O–H groups in total. The van der Waals surface area contributed by atoms with Crippen LogP contribution in [0, 0.1) is 11.8 Å². The lowest BCUT2D eigenvalue weighted by molar-refractivity contribution is 0.00167. The summed E-state index contributed by atoms with van der Waals surface area (Å²) < 4.78 is 0. The molecular weight excluding hydrogens is 408 g/mol. The fourth-order valence-electron chi connectivity index (χ4n) is 5.24. The molecule has 3 aliphatic rings. The van der Waals surface area contributed by atoms with Crippen molar-refractivity contribution in [3.8, 4) is 0 Å². The first-order valence-electron chi connectivity index (χ1n) is 10.8. The number of rotatable bonds is 5. The van der Waals surface area contributed by atoms with Gasteiger partial charge >= 0.3 is 0 Å². The Morgan fingerprint density at radius 3 is 2.84 bits per heavy atom. The molecule has 0 aliphatic carbocycles. The Balaban J connectivity index is 1.54. The number of fused-ring (bicyclic) bond motifs is 4. The van der Waals surface area contributed by atoms with Gasteiger partial charge in [-0.15, -0.1) is 6.58 Å². The largest absolute Gasteiger partial charge is 0.342 e. The monoisotopic (exact) mass is 432 g/mol. The molecule has 3 saturated heterocycles. The van der Waals surface area contributed by atoms with Crippen molar-refractivity contribution in [2.75, 3.05) is 13.1 Å². The zero-order chi connectivity index (χ0) is 21.4. The summed E-state index contributed by atoms with van der Waals surface area (Å²) in [5.74, 6) is 0.908. The molecule has 0 saturated carbocycles. The van der Waals surface area contributed by atoms with Crippen molar-refractivity contribution < 1.29 is 4.79 Å². The summed E-state index contributed by atoms with van der Waals surface area (Å²) in [5.41, 5.74) is 2.35. The SMILES string of the molecule is C=CC1CN2CCC1CC2[C@@H](NC(=O)c1cc(Cl)ccn1)c1ccnc2ccccc12. The summed E-state index contributed by atoms with van der Waals surface area (Å²) in [4.78, 5) is 24.5. The number of carbonyl (C=O) groups excluding carboxylic acids is 1. The van der Waals surface area contributed by atoms with Crippen molar-refractivity contribution >= 4 is 28.4 Å². The van der Waals surface area contributed by atoms with Gasteiger partial charge in [0.1, 0.15) is 5.69 Å². The average Bonchev–Trinajstić information content (AvgIpc) is 2.82. The van der Waals surface area contributed by atoms with Crippen LogP contribution in [0.5, 0.6) is 0 Å². The van der Waals surface area contributed by atoms with Gasteiger partial charge in [-0.2, -0.15) is 0 Å². The zero-order valence-corrected chi connectivity index (χ0v) is 18.0. The van der Waals surface area contributed by atoms with Crippen LogP contribution < -0.4 is 5.32 Å². The summed E-state index contributed by atoms with van der Waals surface area (Å²) in [6.45, 7) is 6.08. The maximum atomic E-state index is 13.2. The Hall–Kier alpha value is -2.76. The van der Waals surface area contributed by atoms with E-state index in [1.165, 1.54) is 6.42 Å². The lowest BCUT2D eigenvalue weighted by Crippen LogP contribution is -2.57. The van der Waals surface area contributed by atoms with E-state index in [2.05, 4.69) is 38.9 Å². The van der Waals surface area contributed by atoms with Crippen LogP contribution in [0.15, 0.2) is 67.5 Å². The molecule has 2 aromatic heterocycles. The lowest BCUT2D eigenvalue weighted by Gasteiger charge is -2.51. The lowest BCUT2D eigenvalue weighted by atomic mass is 9.73. The minimum absolute atomic E-state index is 0.172. The second-order valence-corrected chi connectivity index (χ2v) is 8.91. The van der Waals surface area contributed by atoms with Gasteiger partial charge in [-0.25, -0.2) is 0 Å². The van der Waals surface area contributed by atoms with Crippen molar-refractivity contribution in [3.05, 3.63) is 83.8 Å². The fourth-order valence-corrected chi connectivity index (χ4v) is 5.40. The average molecular weight is 433 g/mol. The normalized spacial score (nSPS) is 25.8. The minimum atomic E-state index is -0.212. The first kappa shape index (κ1) is 20.2. The Bertz CT molecular complexity index is 1130. The molecule has 2 bridgehead atoms. The maximum Gasteiger partial charge on any atom is 0.270 e. The van der Waals surface area contributed by atoms with E-state index in [1.807, 2.05) is 30.5 Å². The summed E-state index contributed by atoms with van der Waals surface area (Å²) in [7, 11) is 0. The highest BCUT2D eigenvalue weighted by atomic mass is 35.5. The van der Waals surface area contributed by atoms with Crippen LogP contribution in [0.25, 0.3) is 10.9 Å². The number of piperidine rings is 3. The van der Waals surface area contributed by atoms with Gasteiger partial charge in [0.15, 0.2) is 0 Å². The number of carbonyl (C=O) groups is 1. The van der Waals surface area contributed by atoms with E-state index >= 15 is 0 Å². The second kappa shape index (κ2) is 8.40. The van der Waals surface area contributed by atoms with Gasteiger partial charge in [-0.3, -0.25) is 19.7 Å². The van der Waals surface area contributed by atoms with Gasteiger partial charge in [-0.1, -0.05) is 35.9 Å². The van der Waals surface area contributed by atoms with Crippen molar-refractivity contribution in [2.45, 2.75) is 24.9 Å². The van der Waals surface area contributed by atoms with Crippen LogP contribution >= 0.6 is 11.6 Å². The Labute approximate surface area is 187 Å². The van der Waals surface area contributed by atoms with Crippen LogP contribution in [-0.2, 0) is 0 Å². The van der Waals surface area contributed by atoms with E-state index < -0.39 is 0 Å². The molecule has 4 unspecified atom stereocenters. The number of hydrogen-bond donors (Lipinski definition) is 1. The van der Waals surface area contributed by atoms with Gasteiger partial charge in [-0.05, 0) is 61.1 Å². The number of benzene rings is 1. The van der Waals surface area contributed by atoms with Crippen LogP contribution in [-0.4, -0.2) is 39.9 Å². The van der Waals surface area contributed by atoms with Gasteiger partial charge in [0.2, 0.25) is 0 Å². The fraction of sp³-hybridized carbons (Fsp3) is 0.320. The van der Waals surface area contributed by atoms with Crippen LogP contribution in [0.4, 0.5) is 0 Å². The quantitative estimate of drug-likeness (QED) is 0.596. The number of hydrogen-bond acceptors (Lipinski definition) is 4. The molecule has 6 heteroatoms. The van der Waals surface area contributed by atoms with Crippen LogP contribution in [0.1, 0.15) is 34.9 Å². The number of nitrogens with zero attached hydrogens (tertiary/aromatic N) is 3. The Kier molecular flexibility index (Phi) is 5.47. The molecule has 31 heavy (non-hydrogen) atoms. The second-order valence-electron chi connectivity index (χ2n) is 8.47. The topological polar surface area (TPSA) is 58.1 Å². The van der Waals surface area contributed by atoms with Gasteiger partial charge < -0.3 is 5.32 Å². The van der Waals surface area contributed by atoms with E-state index in [0.717, 1.165) is 36.0 Å². The summed E-state index contributed by atoms with van der Waals surface area (Å²) in [6, 6.07) is 13.5. The first-order chi connectivity index (χ1) is 15.1. The van der Waals surface area contributed by atoms with Crippen molar-refractivity contribution in [3.63, 3.8) is 0 Å². The van der Waals surface area contributed by atoms with E-state index in [0.29, 0.717) is 22.6 Å². The molecule has 3 aliphatic heterocycles. The molecule has 5 heterocycles. The van der Waals surface area contributed by atoms with Crippen molar-refractivity contribution in [1.82, 2.24) is 20.2 Å². The number of amides is 1. The minimum Gasteiger partial charge on any atom is -0.342 e. The maximum absolute atomic E-state index is 13.2. The van der Waals surface area contributed by atoms with E-state index in [-0.39, 0.29) is 18.0 Å². The third-order valence-electron chi connectivity index (χ3n) is 6.80. The van der Waals surface area contributed by atoms with Gasteiger partial charge in [0.25, 0.3) is 5.91 Å². The molecule has 5 atom stereocenters. The Morgan fingerprint density at radius 1 is 1.23 bits per heavy atom. The third kappa shape index (κ3) is 3.84. The number of nitrogens with one attached hydrogen (secondary N) is 1. The summed E-state index contributed by atoms with van der Waals surface area (Å²) in [5, 5.41) is 4.87. The highest BCUT2D eigenvalue weighted by Crippen LogP contribution is 2.42. The molecule has 3 aromatic rings. The van der Waals surface area contributed by atoms with Crippen molar-refractivity contribution in [1.29, 1.82) is 0 Å². The smallest absolute Gasteiger partial charge is 0.270 e. The van der Waals surface area contributed by atoms with E-state index in [4.69, 9.17) is 11.6 Å². The summed E-state index contributed by atoms with van der Waals surface area (Å²) >= 11 is 6.11. The molecule has 5 nitrogen and oxygen atoms in total. The van der Waals surface area contributed by atoms with Gasteiger partial charge in [0.05, 0.1) is 11.6 Å². The molecule has 1 aromatic carbocycles. The molecule has 158 valence electrons. The van der Waals surface area contributed by atoms with Gasteiger partial charge in [0, 0.05) is 35.4 Å². The molecule has 0 spiro atoms.